The van der Waals surface area contributed by atoms with E-state index in [9.17, 15) is 0 Å². The third-order valence-corrected chi connectivity index (χ3v) is 5.24. The Balaban J connectivity index is 2.14. The maximum Gasteiger partial charge on any atom is 0.208 e. The molecular formula is C15H28N4S. The summed E-state index contributed by atoms with van der Waals surface area (Å²) in [5.74, 6) is 0. The van der Waals surface area contributed by atoms with Crippen molar-refractivity contribution < 1.29 is 0 Å². The summed E-state index contributed by atoms with van der Waals surface area (Å²) >= 11 is 1.77. The van der Waals surface area contributed by atoms with Crippen LogP contribution < -0.4 is 4.90 Å². The lowest BCUT2D eigenvalue weighted by Crippen LogP contribution is -2.38. The van der Waals surface area contributed by atoms with Crippen molar-refractivity contribution in [1.82, 2.24) is 15.1 Å². The molecule has 0 radical (unpaired) electrons. The van der Waals surface area contributed by atoms with Gasteiger partial charge in [-0.25, -0.2) is 0 Å². The SMILES string of the molecule is CN(C)CCN(c1nnc(C(C)(C)C)s1)C1CCCC1. The van der Waals surface area contributed by atoms with E-state index in [0.717, 1.165) is 23.2 Å². The van der Waals surface area contributed by atoms with Gasteiger partial charge in [-0.3, -0.25) is 0 Å². The Morgan fingerprint density at radius 2 is 1.75 bits per heavy atom. The number of likely N-dealkylation sites (N-methyl/N-ethyl adjacent to an activating group) is 1. The summed E-state index contributed by atoms with van der Waals surface area (Å²) < 4.78 is 0. The van der Waals surface area contributed by atoms with Crippen molar-refractivity contribution in [3.05, 3.63) is 5.01 Å². The van der Waals surface area contributed by atoms with Gasteiger partial charge in [-0.05, 0) is 26.9 Å². The maximum absolute atomic E-state index is 4.48. The molecule has 0 aromatic carbocycles. The van der Waals surface area contributed by atoms with Crippen LogP contribution in [0, 0.1) is 0 Å². The van der Waals surface area contributed by atoms with Gasteiger partial charge in [0.25, 0.3) is 0 Å². The molecule has 0 atom stereocenters. The summed E-state index contributed by atoms with van der Waals surface area (Å²) in [6, 6.07) is 0.663. The van der Waals surface area contributed by atoms with Crippen LogP contribution >= 0.6 is 11.3 Å². The van der Waals surface area contributed by atoms with Crippen molar-refractivity contribution >= 4 is 16.5 Å². The number of aromatic nitrogens is 2. The molecule has 2 rings (SSSR count). The Hall–Kier alpha value is -0.680. The minimum atomic E-state index is 0.0960. The van der Waals surface area contributed by atoms with Crippen LogP contribution in [0.5, 0.6) is 0 Å². The van der Waals surface area contributed by atoms with Crippen LogP contribution in [0.2, 0.25) is 0 Å². The van der Waals surface area contributed by atoms with Gasteiger partial charge in [0.2, 0.25) is 5.13 Å². The number of nitrogens with zero attached hydrogens (tertiary/aromatic N) is 4. The van der Waals surface area contributed by atoms with Crippen LogP contribution in [0.25, 0.3) is 0 Å². The predicted molar refractivity (Wildman–Crippen MR) is 86.8 cm³/mol. The van der Waals surface area contributed by atoms with E-state index in [-0.39, 0.29) is 5.41 Å². The average Bonchev–Trinajstić information content (AvgIpc) is 2.97. The van der Waals surface area contributed by atoms with Crippen LogP contribution in [0.4, 0.5) is 5.13 Å². The van der Waals surface area contributed by atoms with E-state index in [4.69, 9.17) is 0 Å². The summed E-state index contributed by atoms with van der Waals surface area (Å²) in [4.78, 5) is 4.74. The zero-order valence-corrected chi connectivity index (χ0v) is 14.3. The highest BCUT2D eigenvalue weighted by molar-refractivity contribution is 7.15. The second kappa shape index (κ2) is 6.39. The third kappa shape index (κ3) is 3.92. The van der Waals surface area contributed by atoms with E-state index in [1.165, 1.54) is 25.7 Å². The van der Waals surface area contributed by atoms with E-state index in [1.807, 2.05) is 0 Å². The molecule has 20 heavy (non-hydrogen) atoms. The van der Waals surface area contributed by atoms with Gasteiger partial charge in [0.1, 0.15) is 5.01 Å². The van der Waals surface area contributed by atoms with E-state index in [0.29, 0.717) is 6.04 Å². The average molecular weight is 296 g/mol. The molecule has 0 spiro atoms. The van der Waals surface area contributed by atoms with Crippen molar-refractivity contribution in [3.63, 3.8) is 0 Å². The lowest BCUT2D eigenvalue weighted by atomic mass is 9.98. The smallest absolute Gasteiger partial charge is 0.208 e. The van der Waals surface area contributed by atoms with Crippen molar-refractivity contribution in [2.45, 2.75) is 57.9 Å². The molecule has 0 N–H and O–H groups in total. The fourth-order valence-corrected chi connectivity index (χ4v) is 3.59. The molecule has 1 fully saturated rings. The molecule has 0 amide bonds. The lowest BCUT2D eigenvalue weighted by molar-refractivity contribution is 0.404. The largest absolute Gasteiger partial charge is 0.342 e. The number of rotatable bonds is 5. The Morgan fingerprint density at radius 1 is 1.10 bits per heavy atom. The minimum Gasteiger partial charge on any atom is -0.342 e. The van der Waals surface area contributed by atoms with Crippen LogP contribution in [-0.2, 0) is 5.41 Å². The first kappa shape index (κ1) is 15.7. The second-order valence-electron chi connectivity index (χ2n) is 7.07. The topological polar surface area (TPSA) is 32.3 Å². The fourth-order valence-electron chi connectivity index (χ4n) is 2.59. The van der Waals surface area contributed by atoms with Crippen molar-refractivity contribution in [2.75, 3.05) is 32.1 Å². The molecule has 0 saturated heterocycles. The highest BCUT2D eigenvalue weighted by Crippen LogP contribution is 2.33. The summed E-state index contributed by atoms with van der Waals surface area (Å²) in [7, 11) is 4.26. The Bertz CT molecular complexity index is 416. The molecule has 0 aliphatic heterocycles. The van der Waals surface area contributed by atoms with E-state index < -0.39 is 0 Å². The van der Waals surface area contributed by atoms with Crippen molar-refractivity contribution in [1.29, 1.82) is 0 Å². The molecule has 114 valence electrons. The van der Waals surface area contributed by atoms with Crippen LogP contribution in [0.15, 0.2) is 0 Å². The quantitative estimate of drug-likeness (QED) is 0.835. The van der Waals surface area contributed by atoms with Crippen molar-refractivity contribution in [2.24, 2.45) is 0 Å². The van der Waals surface area contributed by atoms with Crippen LogP contribution in [-0.4, -0.2) is 48.3 Å². The normalized spacial score (nSPS) is 17.1. The monoisotopic (exact) mass is 296 g/mol. The lowest BCUT2D eigenvalue weighted by Gasteiger charge is -2.29. The molecular weight excluding hydrogens is 268 g/mol. The predicted octanol–water partition coefficient (Wildman–Crippen LogP) is 3.15. The maximum atomic E-state index is 4.48. The molecule has 1 aliphatic carbocycles. The van der Waals surface area contributed by atoms with Gasteiger partial charge in [0.15, 0.2) is 0 Å². The first-order valence-corrected chi connectivity index (χ1v) is 8.45. The molecule has 1 saturated carbocycles. The first-order chi connectivity index (χ1) is 9.38. The summed E-state index contributed by atoms with van der Waals surface area (Å²) in [6.45, 7) is 8.74. The number of hydrogen-bond acceptors (Lipinski definition) is 5. The third-order valence-electron chi connectivity index (χ3n) is 3.86. The number of hydrogen-bond donors (Lipinski definition) is 0. The van der Waals surface area contributed by atoms with Gasteiger partial charge in [-0.2, -0.15) is 0 Å². The molecule has 1 aromatic heterocycles. The number of anilines is 1. The second-order valence-corrected chi connectivity index (χ2v) is 8.03. The highest BCUT2D eigenvalue weighted by Gasteiger charge is 2.27. The van der Waals surface area contributed by atoms with Gasteiger partial charge in [-0.15, -0.1) is 10.2 Å². The molecule has 5 heteroatoms. The fraction of sp³-hybridized carbons (Fsp3) is 0.867. The standard InChI is InChI=1S/C15H28N4S/c1-15(2,3)13-16-17-14(20-13)19(11-10-18(4)5)12-8-6-7-9-12/h12H,6-11H2,1-5H3. The molecule has 1 aliphatic rings. The Morgan fingerprint density at radius 3 is 2.25 bits per heavy atom. The summed E-state index contributed by atoms with van der Waals surface area (Å²) in [5, 5.41) is 11.2. The van der Waals surface area contributed by atoms with Gasteiger partial charge < -0.3 is 9.80 Å². The summed E-state index contributed by atoms with van der Waals surface area (Å²) in [5.41, 5.74) is 0.0960. The highest BCUT2D eigenvalue weighted by atomic mass is 32.1. The first-order valence-electron chi connectivity index (χ1n) is 7.63. The Labute approximate surface area is 127 Å². The molecule has 1 aromatic rings. The van der Waals surface area contributed by atoms with E-state index >= 15 is 0 Å². The molecule has 4 nitrogen and oxygen atoms in total. The molecule has 0 bridgehead atoms. The molecule has 0 unspecified atom stereocenters. The van der Waals surface area contributed by atoms with Crippen LogP contribution in [0.1, 0.15) is 51.5 Å². The van der Waals surface area contributed by atoms with Crippen LogP contribution in [0.3, 0.4) is 0 Å². The van der Waals surface area contributed by atoms with Gasteiger partial charge in [0, 0.05) is 24.5 Å². The van der Waals surface area contributed by atoms with E-state index in [2.05, 4.69) is 54.9 Å². The summed E-state index contributed by atoms with van der Waals surface area (Å²) in [6.07, 6.45) is 5.32. The zero-order chi connectivity index (χ0) is 14.8. The van der Waals surface area contributed by atoms with Gasteiger partial charge in [-0.1, -0.05) is 44.9 Å². The Kier molecular flexibility index (Phi) is 5.02. The van der Waals surface area contributed by atoms with Gasteiger partial charge >= 0.3 is 0 Å². The zero-order valence-electron chi connectivity index (χ0n) is 13.5. The minimum absolute atomic E-state index is 0.0960. The van der Waals surface area contributed by atoms with Crippen molar-refractivity contribution in [3.8, 4) is 0 Å². The molecule has 1 heterocycles. The van der Waals surface area contributed by atoms with Gasteiger partial charge in [0.05, 0.1) is 0 Å². The van der Waals surface area contributed by atoms with E-state index in [1.54, 1.807) is 11.3 Å².